The Morgan fingerprint density at radius 3 is 2.80 bits per heavy atom. The molecule has 2 heterocycles. The largest absolute Gasteiger partial charge is 0.369 e. The van der Waals surface area contributed by atoms with E-state index < -0.39 is 0 Å². The number of likely N-dealkylation sites (tertiary alicyclic amines) is 1. The number of hydrogen-bond acceptors (Lipinski definition) is 4. The van der Waals surface area contributed by atoms with Gasteiger partial charge in [-0.15, -0.1) is 0 Å². The molecule has 0 amide bonds. The number of hydrogen-bond donors (Lipinski definition) is 1. The summed E-state index contributed by atoms with van der Waals surface area (Å²) in [6.07, 6.45) is 3.70. The zero-order chi connectivity index (χ0) is 13.9. The SMILES string of the molecule is N#Cc1ccc2nc(N)n(CCCN3CCCC3)c2c1. The number of anilines is 1. The molecule has 1 fully saturated rings. The van der Waals surface area contributed by atoms with Gasteiger partial charge in [0.2, 0.25) is 5.95 Å². The molecule has 104 valence electrons. The van der Waals surface area contributed by atoms with Crippen molar-refractivity contribution in [1.29, 1.82) is 5.26 Å². The Balaban J connectivity index is 1.75. The molecule has 2 N–H and O–H groups in total. The average Bonchev–Trinajstić information content (AvgIpc) is 3.07. The quantitative estimate of drug-likeness (QED) is 0.921. The van der Waals surface area contributed by atoms with Crippen molar-refractivity contribution < 1.29 is 0 Å². The first-order valence-electron chi connectivity index (χ1n) is 7.16. The molecule has 0 bridgehead atoms. The zero-order valence-corrected chi connectivity index (χ0v) is 11.5. The fourth-order valence-electron chi connectivity index (χ4n) is 2.90. The van der Waals surface area contributed by atoms with E-state index in [0.717, 1.165) is 30.5 Å². The molecule has 0 spiro atoms. The van der Waals surface area contributed by atoms with E-state index in [2.05, 4.69) is 16.0 Å². The molecule has 2 aromatic rings. The standard InChI is InChI=1S/C15H19N5/c16-11-12-4-5-13-14(10-12)20(15(17)18-13)9-3-8-19-6-1-2-7-19/h4-5,10H,1-3,6-9H2,(H2,17,18). The van der Waals surface area contributed by atoms with Crippen LogP contribution < -0.4 is 5.73 Å². The van der Waals surface area contributed by atoms with Crippen molar-refractivity contribution in [3.05, 3.63) is 23.8 Å². The number of aryl methyl sites for hydroxylation is 1. The highest BCUT2D eigenvalue weighted by Gasteiger charge is 2.12. The van der Waals surface area contributed by atoms with Crippen LogP contribution in [0.5, 0.6) is 0 Å². The summed E-state index contributed by atoms with van der Waals surface area (Å²) in [5.41, 5.74) is 8.47. The second-order valence-electron chi connectivity index (χ2n) is 5.34. The van der Waals surface area contributed by atoms with Gasteiger partial charge < -0.3 is 15.2 Å². The normalized spacial score (nSPS) is 15.8. The first-order chi connectivity index (χ1) is 9.78. The van der Waals surface area contributed by atoms with Gasteiger partial charge in [0.1, 0.15) is 0 Å². The van der Waals surface area contributed by atoms with Crippen LogP contribution in [0.15, 0.2) is 18.2 Å². The van der Waals surface area contributed by atoms with Crippen LogP contribution in [-0.2, 0) is 6.54 Å². The summed E-state index contributed by atoms with van der Waals surface area (Å²) in [5, 5.41) is 9.00. The average molecular weight is 269 g/mol. The zero-order valence-electron chi connectivity index (χ0n) is 11.5. The van der Waals surface area contributed by atoms with Gasteiger partial charge in [0, 0.05) is 6.54 Å². The third-order valence-electron chi connectivity index (χ3n) is 3.96. The maximum Gasteiger partial charge on any atom is 0.201 e. The monoisotopic (exact) mass is 269 g/mol. The van der Waals surface area contributed by atoms with Crippen LogP contribution >= 0.6 is 0 Å². The molecular weight excluding hydrogens is 250 g/mol. The second kappa shape index (κ2) is 5.51. The van der Waals surface area contributed by atoms with Crippen LogP contribution in [0.25, 0.3) is 11.0 Å². The highest BCUT2D eigenvalue weighted by Crippen LogP contribution is 2.20. The molecule has 5 heteroatoms. The van der Waals surface area contributed by atoms with Gasteiger partial charge in [0.15, 0.2) is 0 Å². The van der Waals surface area contributed by atoms with Gasteiger partial charge in [-0.3, -0.25) is 0 Å². The van der Waals surface area contributed by atoms with E-state index in [1.807, 2.05) is 16.7 Å². The van der Waals surface area contributed by atoms with Crippen LogP contribution in [-0.4, -0.2) is 34.1 Å². The van der Waals surface area contributed by atoms with Crippen molar-refractivity contribution in [2.24, 2.45) is 0 Å². The fraction of sp³-hybridized carbons (Fsp3) is 0.467. The van der Waals surface area contributed by atoms with E-state index in [0.29, 0.717) is 11.5 Å². The lowest BCUT2D eigenvalue weighted by atomic mass is 10.2. The molecule has 0 saturated carbocycles. The predicted molar refractivity (Wildman–Crippen MR) is 79.2 cm³/mol. The number of rotatable bonds is 4. The van der Waals surface area contributed by atoms with Crippen LogP contribution in [0, 0.1) is 11.3 Å². The summed E-state index contributed by atoms with van der Waals surface area (Å²) in [6.45, 7) is 4.41. The molecule has 0 atom stereocenters. The lowest BCUT2D eigenvalue weighted by molar-refractivity contribution is 0.326. The lowest BCUT2D eigenvalue weighted by Crippen LogP contribution is -2.21. The van der Waals surface area contributed by atoms with Gasteiger partial charge in [-0.1, -0.05) is 0 Å². The number of aromatic nitrogens is 2. The molecule has 1 aliphatic heterocycles. The van der Waals surface area contributed by atoms with Gasteiger partial charge in [-0.05, 0) is 57.1 Å². The topological polar surface area (TPSA) is 70.9 Å². The summed E-state index contributed by atoms with van der Waals surface area (Å²) in [7, 11) is 0. The number of fused-ring (bicyclic) bond motifs is 1. The number of benzene rings is 1. The van der Waals surface area contributed by atoms with E-state index >= 15 is 0 Å². The van der Waals surface area contributed by atoms with Crippen LogP contribution in [0.1, 0.15) is 24.8 Å². The Kier molecular flexibility index (Phi) is 3.57. The second-order valence-corrected chi connectivity index (χ2v) is 5.34. The van der Waals surface area contributed by atoms with Crippen molar-refractivity contribution in [3.8, 4) is 6.07 Å². The first kappa shape index (κ1) is 12.9. The summed E-state index contributed by atoms with van der Waals surface area (Å²) < 4.78 is 2.02. The molecule has 1 aromatic heterocycles. The minimum atomic E-state index is 0.538. The molecular formula is C15H19N5. The van der Waals surface area contributed by atoms with Crippen LogP contribution in [0.2, 0.25) is 0 Å². The van der Waals surface area contributed by atoms with E-state index in [9.17, 15) is 0 Å². The molecule has 0 unspecified atom stereocenters. The van der Waals surface area contributed by atoms with E-state index in [1.54, 1.807) is 6.07 Å². The van der Waals surface area contributed by atoms with E-state index in [4.69, 9.17) is 11.0 Å². The highest BCUT2D eigenvalue weighted by molar-refractivity contribution is 5.79. The molecule has 1 aliphatic rings. The smallest absolute Gasteiger partial charge is 0.201 e. The Morgan fingerprint density at radius 1 is 1.25 bits per heavy atom. The number of nitrogens with two attached hydrogens (primary N) is 1. The minimum absolute atomic E-state index is 0.538. The lowest BCUT2D eigenvalue weighted by Gasteiger charge is -2.14. The van der Waals surface area contributed by atoms with Crippen LogP contribution in [0.3, 0.4) is 0 Å². The van der Waals surface area contributed by atoms with Crippen molar-refractivity contribution in [3.63, 3.8) is 0 Å². The number of nitriles is 1. The Bertz CT molecular complexity index is 646. The Hall–Kier alpha value is -2.06. The molecule has 1 saturated heterocycles. The Morgan fingerprint density at radius 2 is 2.05 bits per heavy atom. The fourth-order valence-corrected chi connectivity index (χ4v) is 2.90. The van der Waals surface area contributed by atoms with Gasteiger partial charge in [0.25, 0.3) is 0 Å². The van der Waals surface area contributed by atoms with Gasteiger partial charge >= 0.3 is 0 Å². The molecule has 1 aromatic carbocycles. The van der Waals surface area contributed by atoms with Crippen molar-refractivity contribution in [1.82, 2.24) is 14.5 Å². The van der Waals surface area contributed by atoms with Crippen molar-refractivity contribution in [2.75, 3.05) is 25.4 Å². The summed E-state index contributed by atoms with van der Waals surface area (Å²) in [5.74, 6) is 0.538. The molecule has 5 nitrogen and oxygen atoms in total. The predicted octanol–water partition coefficient (Wildman–Crippen LogP) is 1.98. The minimum Gasteiger partial charge on any atom is -0.369 e. The third-order valence-corrected chi connectivity index (χ3v) is 3.96. The van der Waals surface area contributed by atoms with Crippen LogP contribution in [0.4, 0.5) is 5.95 Å². The van der Waals surface area contributed by atoms with Gasteiger partial charge in [0.05, 0.1) is 22.7 Å². The third kappa shape index (κ3) is 2.47. The summed E-state index contributed by atoms with van der Waals surface area (Å²) in [6, 6.07) is 7.68. The number of imidazole rings is 1. The van der Waals surface area contributed by atoms with Gasteiger partial charge in [-0.2, -0.15) is 5.26 Å². The van der Waals surface area contributed by atoms with E-state index in [-0.39, 0.29) is 0 Å². The van der Waals surface area contributed by atoms with E-state index in [1.165, 1.54) is 25.9 Å². The van der Waals surface area contributed by atoms with Crippen molar-refractivity contribution >= 4 is 17.0 Å². The molecule has 3 rings (SSSR count). The molecule has 0 radical (unpaired) electrons. The first-order valence-corrected chi connectivity index (χ1v) is 7.16. The number of nitrogens with zero attached hydrogens (tertiary/aromatic N) is 4. The highest BCUT2D eigenvalue weighted by atomic mass is 15.2. The Labute approximate surface area is 118 Å². The maximum absolute atomic E-state index is 9.00. The van der Waals surface area contributed by atoms with Crippen molar-refractivity contribution in [2.45, 2.75) is 25.8 Å². The number of nitrogen functional groups attached to an aromatic ring is 1. The summed E-state index contributed by atoms with van der Waals surface area (Å²) >= 11 is 0. The summed E-state index contributed by atoms with van der Waals surface area (Å²) in [4.78, 5) is 6.85. The maximum atomic E-state index is 9.00. The molecule has 20 heavy (non-hydrogen) atoms. The van der Waals surface area contributed by atoms with Gasteiger partial charge in [-0.25, -0.2) is 4.98 Å². The molecule has 0 aliphatic carbocycles.